The van der Waals surface area contributed by atoms with Gasteiger partial charge in [-0.25, -0.2) is 4.39 Å². The lowest BCUT2D eigenvalue weighted by molar-refractivity contribution is 0.483. The summed E-state index contributed by atoms with van der Waals surface area (Å²) in [5.41, 5.74) is 0.932. The van der Waals surface area contributed by atoms with Gasteiger partial charge in [0.05, 0.1) is 5.69 Å². The summed E-state index contributed by atoms with van der Waals surface area (Å²) in [5.74, 6) is -0.233. The van der Waals surface area contributed by atoms with E-state index in [1.54, 1.807) is 12.1 Å². The van der Waals surface area contributed by atoms with Gasteiger partial charge in [0.2, 0.25) is 0 Å². The van der Waals surface area contributed by atoms with Crippen LogP contribution >= 0.6 is 0 Å². The Labute approximate surface area is 137 Å². The lowest BCUT2D eigenvalue weighted by Gasteiger charge is -2.09. The minimum absolute atomic E-state index is 0.0927. The molecule has 0 bridgehead atoms. The number of nitrogens with zero attached hydrogens (tertiary/aromatic N) is 2. The fraction of sp³-hybridized carbons (Fsp3) is 0. The summed E-state index contributed by atoms with van der Waals surface area (Å²) in [6.07, 6.45) is 0. The van der Waals surface area contributed by atoms with E-state index >= 15 is 0 Å². The fourth-order valence-electron chi connectivity index (χ4n) is 2.82. The average molecular weight is 316 g/mol. The van der Waals surface area contributed by atoms with Gasteiger partial charge in [0.1, 0.15) is 11.5 Å². The molecule has 116 valence electrons. The summed E-state index contributed by atoms with van der Waals surface area (Å²) < 4.78 is 13.0. The third-order valence-electron chi connectivity index (χ3n) is 3.97. The highest BCUT2D eigenvalue weighted by Gasteiger charge is 2.12. The van der Waals surface area contributed by atoms with E-state index in [0.29, 0.717) is 11.4 Å². The van der Waals surface area contributed by atoms with E-state index in [0.717, 1.165) is 21.5 Å². The molecule has 4 heteroatoms. The molecule has 1 N–H and O–H groups in total. The van der Waals surface area contributed by atoms with Crippen LogP contribution in [-0.4, -0.2) is 5.11 Å². The number of rotatable bonds is 2. The molecule has 0 aliphatic heterocycles. The first kappa shape index (κ1) is 14.3. The number of fused-ring (bicyclic) bond motifs is 3. The van der Waals surface area contributed by atoms with Crippen LogP contribution < -0.4 is 0 Å². The maximum absolute atomic E-state index is 13.0. The molecule has 0 saturated carbocycles. The van der Waals surface area contributed by atoms with Crippen molar-refractivity contribution in [1.82, 2.24) is 0 Å². The van der Waals surface area contributed by atoms with Gasteiger partial charge in [0.15, 0.2) is 5.75 Å². The van der Waals surface area contributed by atoms with Crippen LogP contribution in [0.25, 0.3) is 21.5 Å². The maximum atomic E-state index is 13.0. The van der Waals surface area contributed by atoms with Crippen molar-refractivity contribution in [3.63, 3.8) is 0 Å². The van der Waals surface area contributed by atoms with Crippen LogP contribution in [0.15, 0.2) is 83.0 Å². The zero-order valence-electron chi connectivity index (χ0n) is 12.6. The molecule has 0 fully saturated rings. The molecular weight excluding hydrogens is 303 g/mol. The molecule has 4 rings (SSSR count). The zero-order chi connectivity index (χ0) is 16.5. The first-order valence-electron chi connectivity index (χ1n) is 7.54. The smallest absolute Gasteiger partial charge is 0.151 e. The van der Waals surface area contributed by atoms with Crippen molar-refractivity contribution in [2.75, 3.05) is 0 Å². The molecule has 24 heavy (non-hydrogen) atoms. The predicted molar refractivity (Wildman–Crippen MR) is 93.7 cm³/mol. The third kappa shape index (κ3) is 2.38. The number of halogens is 1. The van der Waals surface area contributed by atoms with Crippen LogP contribution in [0.4, 0.5) is 15.8 Å². The number of azo groups is 1. The Morgan fingerprint density at radius 1 is 0.625 bits per heavy atom. The van der Waals surface area contributed by atoms with E-state index in [2.05, 4.69) is 10.2 Å². The molecule has 0 aliphatic carbocycles. The topological polar surface area (TPSA) is 45.0 Å². The summed E-state index contributed by atoms with van der Waals surface area (Å²) in [7, 11) is 0. The number of benzene rings is 4. The van der Waals surface area contributed by atoms with Gasteiger partial charge < -0.3 is 5.11 Å². The lowest BCUT2D eigenvalue weighted by Crippen LogP contribution is -1.80. The van der Waals surface area contributed by atoms with Crippen LogP contribution in [0.2, 0.25) is 0 Å². The number of aromatic hydroxyl groups is 1. The molecular formula is C20H13FN2O. The van der Waals surface area contributed by atoms with E-state index in [4.69, 9.17) is 0 Å². The van der Waals surface area contributed by atoms with Gasteiger partial charge in [-0.1, -0.05) is 48.5 Å². The highest BCUT2D eigenvalue weighted by atomic mass is 19.1. The second kappa shape index (κ2) is 5.74. The van der Waals surface area contributed by atoms with Gasteiger partial charge in [-0.15, -0.1) is 5.11 Å². The van der Waals surface area contributed by atoms with Gasteiger partial charge in [0.25, 0.3) is 0 Å². The van der Waals surface area contributed by atoms with Crippen LogP contribution in [-0.2, 0) is 0 Å². The van der Waals surface area contributed by atoms with Gasteiger partial charge in [-0.2, -0.15) is 5.11 Å². The Balaban J connectivity index is 1.96. The fourth-order valence-corrected chi connectivity index (χ4v) is 2.82. The number of phenolic OH excluding ortho intramolecular Hbond substituents is 1. The van der Waals surface area contributed by atoms with E-state index in [1.807, 2.05) is 48.5 Å². The maximum Gasteiger partial charge on any atom is 0.151 e. The number of phenols is 1. The molecule has 0 saturated heterocycles. The van der Waals surface area contributed by atoms with Crippen molar-refractivity contribution < 1.29 is 9.50 Å². The van der Waals surface area contributed by atoms with E-state index in [-0.39, 0.29) is 11.6 Å². The highest BCUT2D eigenvalue weighted by molar-refractivity contribution is 6.15. The Bertz CT molecular complexity index is 1070. The Hall–Kier alpha value is -3.27. The first-order chi connectivity index (χ1) is 11.7. The lowest BCUT2D eigenvalue weighted by atomic mass is 9.99. The monoisotopic (exact) mass is 316 g/mol. The van der Waals surface area contributed by atoms with Crippen LogP contribution in [0.1, 0.15) is 0 Å². The van der Waals surface area contributed by atoms with Crippen molar-refractivity contribution >= 4 is 32.9 Å². The van der Waals surface area contributed by atoms with Crippen molar-refractivity contribution in [3.05, 3.63) is 78.6 Å². The molecule has 0 aliphatic rings. The molecule has 4 aromatic carbocycles. The average Bonchev–Trinajstić information content (AvgIpc) is 2.63. The number of hydrogen-bond donors (Lipinski definition) is 1. The Morgan fingerprint density at radius 3 is 1.83 bits per heavy atom. The van der Waals surface area contributed by atoms with Crippen molar-refractivity contribution in [1.29, 1.82) is 0 Å². The summed E-state index contributed by atoms with van der Waals surface area (Å²) in [6, 6.07) is 21.1. The molecule has 3 nitrogen and oxygen atoms in total. The predicted octanol–water partition coefficient (Wildman–Crippen LogP) is 6.25. The van der Waals surface area contributed by atoms with Crippen molar-refractivity contribution in [3.8, 4) is 5.75 Å². The zero-order valence-corrected chi connectivity index (χ0v) is 12.6. The quantitative estimate of drug-likeness (QED) is 0.344. The summed E-state index contributed by atoms with van der Waals surface area (Å²) in [4.78, 5) is 0. The van der Waals surface area contributed by atoms with Gasteiger partial charge >= 0.3 is 0 Å². The first-order valence-corrected chi connectivity index (χ1v) is 7.54. The van der Waals surface area contributed by atoms with Gasteiger partial charge in [0, 0.05) is 10.8 Å². The SMILES string of the molecule is Oc1c(N=Nc2ccc(F)cc2)c2ccccc2c2ccccc12. The van der Waals surface area contributed by atoms with Crippen LogP contribution in [0.5, 0.6) is 5.75 Å². The van der Waals surface area contributed by atoms with E-state index in [9.17, 15) is 9.50 Å². The molecule has 0 radical (unpaired) electrons. The normalized spacial score (nSPS) is 11.5. The Kier molecular flexibility index (Phi) is 3.43. The van der Waals surface area contributed by atoms with Crippen LogP contribution in [0.3, 0.4) is 0 Å². The van der Waals surface area contributed by atoms with Crippen molar-refractivity contribution in [2.24, 2.45) is 10.2 Å². The molecule has 0 spiro atoms. The molecule has 0 aromatic heterocycles. The number of hydrogen-bond acceptors (Lipinski definition) is 3. The molecule has 4 aromatic rings. The second-order valence-electron chi connectivity index (χ2n) is 5.46. The summed E-state index contributed by atoms with van der Waals surface area (Å²) >= 11 is 0. The summed E-state index contributed by atoms with van der Waals surface area (Å²) in [5, 5.41) is 22.5. The van der Waals surface area contributed by atoms with Crippen LogP contribution in [0, 0.1) is 5.82 Å². The van der Waals surface area contributed by atoms with Gasteiger partial charge in [-0.3, -0.25) is 0 Å². The van der Waals surface area contributed by atoms with E-state index < -0.39 is 0 Å². The Morgan fingerprint density at radius 2 is 1.17 bits per heavy atom. The summed E-state index contributed by atoms with van der Waals surface area (Å²) in [6.45, 7) is 0. The third-order valence-corrected chi connectivity index (χ3v) is 3.97. The highest BCUT2D eigenvalue weighted by Crippen LogP contribution is 2.43. The standard InChI is InChI=1S/C20H13FN2O/c21-13-9-11-14(12-10-13)22-23-19-17-7-3-1-5-15(17)16-6-2-4-8-18(16)20(19)24/h1-12,24H. The largest absolute Gasteiger partial charge is 0.505 e. The van der Waals surface area contributed by atoms with Crippen molar-refractivity contribution in [2.45, 2.75) is 0 Å². The molecule has 0 unspecified atom stereocenters. The van der Waals surface area contributed by atoms with E-state index in [1.165, 1.54) is 12.1 Å². The minimum atomic E-state index is -0.326. The molecule has 0 amide bonds. The second-order valence-corrected chi connectivity index (χ2v) is 5.46. The van der Waals surface area contributed by atoms with Gasteiger partial charge in [-0.05, 0) is 35.0 Å². The molecule has 0 heterocycles. The molecule has 0 atom stereocenters. The minimum Gasteiger partial charge on any atom is -0.505 e.